The molecule has 0 N–H and O–H groups in total. The van der Waals surface area contributed by atoms with E-state index in [2.05, 4.69) is 17.4 Å². The van der Waals surface area contributed by atoms with Gasteiger partial charge in [-0.2, -0.15) is 12.6 Å². The predicted molar refractivity (Wildman–Crippen MR) is 104 cm³/mol. The number of Topliss-reactive ketones (excluding diaryl/α,β-unsaturated/α-hetero) is 1. The lowest BCUT2D eigenvalue weighted by Crippen LogP contribution is -2.32. The first-order chi connectivity index (χ1) is 12.6. The van der Waals surface area contributed by atoms with Crippen LogP contribution in [0.5, 0.6) is 5.75 Å². The van der Waals surface area contributed by atoms with Crippen LogP contribution in [0.15, 0.2) is 30.3 Å². The number of ketones is 1. The van der Waals surface area contributed by atoms with Gasteiger partial charge < -0.3 is 14.2 Å². The lowest BCUT2D eigenvalue weighted by atomic mass is 9.97. The molecule has 0 aliphatic heterocycles. The van der Waals surface area contributed by atoms with Gasteiger partial charge in [-0.05, 0) is 37.7 Å². The molecule has 1 rings (SSSR count). The number of carbonyl (C=O) groups excluding carboxylic acids is 4. The number of thioether (sulfide) groups is 1. The lowest BCUT2D eigenvalue weighted by molar-refractivity contribution is -0.148. The van der Waals surface area contributed by atoms with Crippen molar-refractivity contribution in [2.45, 2.75) is 31.9 Å². The molecule has 1 aromatic rings. The number of esters is 2. The van der Waals surface area contributed by atoms with Gasteiger partial charge in [-0.1, -0.05) is 18.2 Å². The molecule has 7 nitrogen and oxygen atoms in total. The van der Waals surface area contributed by atoms with Crippen molar-refractivity contribution in [3.8, 4) is 5.75 Å². The number of carbonyl (C=O) groups is 4. The standard InChI is InChI=1S/C18H22O7S2/c1-12(19)23-11-24-17(22)27-10-13(9-15(20)18(2,3)26)16(21)25-14-7-5-4-6-8-14/h4-8,13,26H,9-11H2,1-3H3/t13-/m0/s1. The third-order valence-corrected chi connectivity index (χ3v) is 4.42. The highest BCUT2D eigenvalue weighted by Gasteiger charge is 2.31. The smallest absolute Gasteiger partial charge is 0.370 e. The molecule has 0 unspecified atom stereocenters. The second-order valence-electron chi connectivity index (χ2n) is 6.08. The van der Waals surface area contributed by atoms with E-state index in [0.29, 0.717) is 17.5 Å². The predicted octanol–water partition coefficient (Wildman–Crippen LogP) is 3.27. The average molecular weight is 415 g/mol. The monoisotopic (exact) mass is 414 g/mol. The van der Waals surface area contributed by atoms with Crippen LogP contribution in [0.25, 0.3) is 0 Å². The molecule has 0 aromatic heterocycles. The van der Waals surface area contributed by atoms with Crippen LogP contribution in [0.2, 0.25) is 0 Å². The summed E-state index contributed by atoms with van der Waals surface area (Å²) in [6, 6.07) is 8.41. The van der Waals surface area contributed by atoms with E-state index in [9.17, 15) is 19.2 Å². The molecule has 9 heteroatoms. The molecule has 0 heterocycles. The highest BCUT2D eigenvalue weighted by molar-refractivity contribution is 8.13. The Bertz CT molecular complexity index is 668. The van der Waals surface area contributed by atoms with Crippen molar-refractivity contribution in [2.24, 2.45) is 5.92 Å². The molecule has 0 amide bonds. The number of para-hydroxylation sites is 1. The van der Waals surface area contributed by atoms with Crippen LogP contribution < -0.4 is 4.74 Å². The quantitative estimate of drug-likeness (QED) is 0.285. The van der Waals surface area contributed by atoms with E-state index in [4.69, 9.17) is 9.47 Å². The van der Waals surface area contributed by atoms with Crippen molar-refractivity contribution in [1.82, 2.24) is 0 Å². The first kappa shape index (κ1) is 23.0. The number of thiol groups is 1. The van der Waals surface area contributed by atoms with Gasteiger partial charge in [0.1, 0.15) is 11.5 Å². The van der Waals surface area contributed by atoms with E-state index in [1.54, 1.807) is 44.2 Å². The maximum absolute atomic E-state index is 12.5. The summed E-state index contributed by atoms with van der Waals surface area (Å²) in [6.07, 6.45) is -0.133. The third-order valence-electron chi connectivity index (χ3n) is 3.25. The van der Waals surface area contributed by atoms with Crippen molar-refractivity contribution in [3.05, 3.63) is 30.3 Å². The summed E-state index contributed by atoms with van der Waals surface area (Å²) in [6.45, 7) is 3.92. The number of rotatable bonds is 9. The summed E-state index contributed by atoms with van der Waals surface area (Å²) in [5.41, 5.74) is 0. The molecule has 1 aromatic carbocycles. The van der Waals surface area contributed by atoms with Crippen molar-refractivity contribution in [3.63, 3.8) is 0 Å². The van der Waals surface area contributed by atoms with E-state index in [-0.39, 0.29) is 18.0 Å². The van der Waals surface area contributed by atoms with Crippen molar-refractivity contribution in [1.29, 1.82) is 0 Å². The maximum Gasteiger partial charge on any atom is 0.370 e. The van der Waals surface area contributed by atoms with Gasteiger partial charge >= 0.3 is 17.2 Å². The lowest BCUT2D eigenvalue weighted by Gasteiger charge is -2.20. The summed E-state index contributed by atoms with van der Waals surface area (Å²) in [5, 5.41) is -0.730. The first-order valence-corrected chi connectivity index (χ1v) is 9.48. The minimum atomic E-state index is -0.925. The molecule has 148 valence electrons. The van der Waals surface area contributed by atoms with Gasteiger partial charge in [0.15, 0.2) is 0 Å². The Morgan fingerprint density at radius 3 is 2.30 bits per heavy atom. The Labute approximate surface area is 167 Å². The Hall–Kier alpha value is -2.00. The van der Waals surface area contributed by atoms with Crippen LogP contribution in [-0.4, -0.2) is 40.3 Å². The number of hydrogen-bond acceptors (Lipinski definition) is 9. The van der Waals surface area contributed by atoms with Crippen molar-refractivity contribution in [2.75, 3.05) is 12.5 Å². The van der Waals surface area contributed by atoms with E-state index in [1.807, 2.05) is 0 Å². The zero-order valence-electron chi connectivity index (χ0n) is 15.3. The molecule has 0 spiro atoms. The van der Waals surface area contributed by atoms with E-state index in [1.165, 1.54) is 6.92 Å². The number of ether oxygens (including phenoxy) is 3. The molecule has 0 fully saturated rings. The van der Waals surface area contributed by atoms with Crippen LogP contribution in [-0.2, 0) is 23.9 Å². The Kier molecular flexibility index (Phi) is 9.37. The number of hydrogen-bond donors (Lipinski definition) is 1. The summed E-state index contributed by atoms with van der Waals surface area (Å²) in [7, 11) is 0. The molecule has 0 saturated heterocycles. The SMILES string of the molecule is CC(=O)OCOC(=O)SC[C@H](CC(=O)C(C)(C)S)C(=O)Oc1ccccc1. The van der Waals surface area contributed by atoms with E-state index < -0.39 is 34.7 Å². The Balaban J connectivity index is 2.69. The highest BCUT2D eigenvalue weighted by atomic mass is 32.2. The van der Waals surface area contributed by atoms with Gasteiger partial charge in [-0.15, -0.1) is 0 Å². The molecule has 0 bridgehead atoms. The Morgan fingerprint density at radius 1 is 1.11 bits per heavy atom. The van der Waals surface area contributed by atoms with Crippen molar-refractivity contribution < 1.29 is 33.4 Å². The fourth-order valence-corrected chi connectivity index (χ4v) is 2.56. The second kappa shape index (κ2) is 11.0. The third kappa shape index (κ3) is 9.48. The van der Waals surface area contributed by atoms with Gasteiger partial charge in [0.05, 0.1) is 10.7 Å². The fraction of sp³-hybridized carbons (Fsp3) is 0.444. The minimum absolute atomic E-state index is 0.0276. The summed E-state index contributed by atoms with van der Waals surface area (Å²) < 4.78 is 13.6. The van der Waals surface area contributed by atoms with E-state index >= 15 is 0 Å². The van der Waals surface area contributed by atoms with Crippen LogP contribution in [0.1, 0.15) is 27.2 Å². The Morgan fingerprint density at radius 2 is 1.74 bits per heavy atom. The van der Waals surface area contributed by atoms with Crippen LogP contribution >= 0.6 is 24.4 Å². The first-order valence-electron chi connectivity index (χ1n) is 8.05. The second-order valence-corrected chi connectivity index (χ2v) is 8.15. The van der Waals surface area contributed by atoms with Gasteiger partial charge in [0.25, 0.3) is 0 Å². The summed E-state index contributed by atoms with van der Waals surface area (Å²) in [4.78, 5) is 47.0. The molecule has 0 saturated carbocycles. The molecule has 0 aliphatic carbocycles. The summed E-state index contributed by atoms with van der Waals surface area (Å²) in [5.74, 6) is -2.02. The maximum atomic E-state index is 12.5. The molecular weight excluding hydrogens is 392 g/mol. The number of benzene rings is 1. The fourth-order valence-electron chi connectivity index (χ4n) is 1.74. The van der Waals surface area contributed by atoms with Crippen LogP contribution in [0.4, 0.5) is 4.79 Å². The minimum Gasteiger partial charge on any atom is -0.428 e. The zero-order chi connectivity index (χ0) is 20.4. The van der Waals surface area contributed by atoms with E-state index in [0.717, 1.165) is 0 Å². The molecule has 27 heavy (non-hydrogen) atoms. The molecular formula is C18H22O7S2. The van der Waals surface area contributed by atoms with Gasteiger partial charge in [-0.25, -0.2) is 4.79 Å². The van der Waals surface area contributed by atoms with Crippen molar-refractivity contribution >= 4 is 47.4 Å². The van der Waals surface area contributed by atoms with Gasteiger partial charge in [-0.3, -0.25) is 14.4 Å². The molecule has 1 atom stereocenters. The topological polar surface area (TPSA) is 96.0 Å². The zero-order valence-corrected chi connectivity index (χ0v) is 17.0. The normalized spacial score (nSPS) is 12.0. The van der Waals surface area contributed by atoms with Crippen LogP contribution in [0.3, 0.4) is 0 Å². The summed E-state index contributed by atoms with van der Waals surface area (Å²) >= 11 is 4.91. The average Bonchev–Trinajstić information content (AvgIpc) is 2.57. The molecule has 0 aliphatic rings. The largest absolute Gasteiger partial charge is 0.428 e. The van der Waals surface area contributed by atoms with Gasteiger partial charge in [0.2, 0.25) is 6.79 Å². The van der Waals surface area contributed by atoms with Gasteiger partial charge in [0, 0.05) is 19.1 Å². The van der Waals surface area contributed by atoms with Crippen LogP contribution in [0, 0.1) is 5.92 Å². The highest BCUT2D eigenvalue weighted by Crippen LogP contribution is 2.23. The molecule has 0 radical (unpaired) electrons.